The molecule has 0 spiro atoms. The minimum atomic E-state index is -0.137. The van der Waals surface area contributed by atoms with E-state index in [1.54, 1.807) is 24.0 Å². The summed E-state index contributed by atoms with van der Waals surface area (Å²) in [6.45, 7) is 2.87. The van der Waals surface area contributed by atoms with E-state index in [2.05, 4.69) is 10.3 Å². The van der Waals surface area contributed by atoms with E-state index in [0.717, 1.165) is 42.0 Å². The summed E-state index contributed by atoms with van der Waals surface area (Å²) < 4.78 is 6.54. The summed E-state index contributed by atoms with van der Waals surface area (Å²) in [7, 11) is 0. The smallest absolute Gasteiger partial charge is 0.276 e. The van der Waals surface area contributed by atoms with E-state index in [1.165, 1.54) is 4.68 Å². The summed E-state index contributed by atoms with van der Waals surface area (Å²) in [4.78, 5) is 26.9. The van der Waals surface area contributed by atoms with Gasteiger partial charge in [-0.15, -0.1) is 0 Å². The number of carbonyl (C=O) groups excluding carboxylic acids is 1. The monoisotopic (exact) mass is 360 g/mol. The summed E-state index contributed by atoms with van der Waals surface area (Å²) >= 11 is 1.83. The lowest BCUT2D eigenvalue weighted by molar-refractivity contribution is 0.0709. The van der Waals surface area contributed by atoms with Crippen LogP contribution in [0.4, 0.5) is 0 Å². The Morgan fingerprint density at radius 2 is 2.32 bits per heavy atom. The Morgan fingerprint density at radius 1 is 1.44 bits per heavy atom. The summed E-state index contributed by atoms with van der Waals surface area (Å²) in [6, 6.07) is 3.32. The minimum Gasteiger partial charge on any atom is -0.361 e. The normalized spacial score (nSPS) is 19.9. The highest BCUT2D eigenvalue weighted by Crippen LogP contribution is 2.23. The van der Waals surface area contributed by atoms with Crippen molar-refractivity contribution in [2.45, 2.75) is 44.5 Å². The van der Waals surface area contributed by atoms with E-state index in [1.807, 2.05) is 11.8 Å². The van der Waals surface area contributed by atoms with Gasteiger partial charge in [0.25, 0.3) is 11.5 Å². The third-order valence-corrected chi connectivity index (χ3v) is 5.78. The first-order valence-electron chi connectivity index (χ1n) is 8.54. The van der Waals surface area contributed by atoms with Crippen LogP contribution in [0, 0.1) is 6.92 Å². The Bertz CT molecular complexity index is 860. The van der Waals surface area contributed by atoms with Crippen LogP contribution in [-0.2, 0) is 18.7 Å². The van der Waals surface area contributed by atoms with Crippen molar-refractivity contribution in [1.29, 1.82) is 0 Å². The first-order chi connectivity index (χ1) is 12.1. The van der Waals surface area contributed by atoms with Gasteiger partial charge in [-0.2, -0.15) is 16.9 Å². The molecule has 1 unspecified atom stereocenters. The van der Waals surface area contributed by atoms with Gasteiger partial charge in [0.1, 0.15) is 5.76 Å². The number of amides is 1. The zero-order valence-electron chi connectivity index (χ0n) is 14.1. The molecule has 8 heteroatoms. The van der Waals surface area contributed by atoms with Gasteiger partial charge in [0.15, 0.2) is 5.69 Å². The van der Waals surface area contributed by atoms with Gasteiger partial charge in [0.2, 0.25) is 0 Å². The van der Waals surface area contributed by atoms with E-state index in [4.69, 9.17) is 4.52 Å². The molecule has 2 aliphatic heterocycles. The lowest BCUT2D eigenvalue weighted by atomic mass is 10.2. The minimum absolute atomic E-state index is 0.0364. The predicted octanol–water partition coefficient (Wildman–Crippen LogP) is 1.63. The fraction of sp³-hybridized carbons (Fsp3) is 0.529. The third-order valence-electron chi connectivity index (χ3n) is 4.77. The first-order valence-corrected chi connectivity index (χ1v) is 9.69. The van der Waals surface area contributed by atoms with Crippen LogP contribution in [0.3, 0.4) is 0 Å². The van der Waals surface area contributed by atoms with Crippen molar-refractivity contribution in [3.05, 3.63) is 45.2 Å². The molecule has 25 heavy (non-hydrogen) atoms. The number of aryl methyl sites for hydroxylation is 2. The molecule has 0 bridgehead atoms. The number of aromatic nitrogens is 3. The SMILES string of the molecule is Cc1cc(C(=O)N2CCCC2Cn2nc3c(cc2=O)CSCC3)no1. The lowest BCUT2D eigenvalue weighted by Crippen LogP contribution is -2.41. The van der Waals surface area contributed by atoms with Crippen LogP contribution in [0.5, 0.6) is 0 Å². The maximum Gasteiger partial charge on any atom is 0.276 e. The molecule has 2 aliphatic rings. The fourth-order valence-corrected chi connectivity index (χ4v) is 4.44. The van der Waals surface area contributed by atoms with Gasteiger partial charge in [-0.25, -0.2) is 4.68 Å². The molecule has 1 amide bonds. The second kappa shape index (κ2) is 6.67. The molecule has 1 atom stereocenters. The summed E-state index contributed by atoms with van der Waals surface area (Å²) in [5.41, 5.74) is 2.31. The number of hydrogen-bond donors (Lipinski definition) is 0. The molecule has 2 aromatic rings. The van der Waals surface area contributed by atoms with E-state index < -0.39 is 0 Å². The molecule has 0 N–H and O–H groups in total. The van der Waals surface area contributed by atoms with Gasteiger partial charge in [0, 0.05) is 30.9 Å². The van der Waals surface area contributed by atoms with E-state index >= 15 is 0 Å². The highest BCUT2D eigenvalue weighted by molar-refractivity contribution is 7.98. The molecule has 2 aromatic heterocycles. The molecule has 0 radical (unpaired) electrons. The number of rotatable bonds is 3. The quantitative estimate of drug-likeness (QED) is 0.828. The highest BCUT2D eigenvalue weighted by Gasteiger charge is 2.32. The van der Waals surface area contributed by atoms with E-state index in [0.29, 0.717) is 24.5 Å². The lowest BCUT2D eigenvalue weighted by Gasteiger charge is -2.24. The Morgan fingerprint density at radius 3 is 3.12 bits per heavy atom. The van der Waals surface area contributed by atoms with Crippen LogP contribution in [0.15, 0.2) is 21.5 Å². The summed E-state index contributed by atoms with van der Waals surface area (Å²) in [6.07, 6.45) is 2.68. The topological polar surface area (TPSA) is 81.2 Å². The molecule has 1 saturated heterocycles. The number of thioether (sulfide) groups is 1. The molecule has 7 nitrogen and oxygen atoms in total. The predicted molar refractivity (Wildman–Crippen MR) is 93.7 cm³/mol. The van der Waals surface area contributed by atoms with Crippen molar-refractivity contribution < 1.29 is 9.32 Å². The molecule has 1 fully saturated rings. The third kappa shape index (κ3) is 3.22. The molecule has 4 rings (SSSR count). The van der Waals surface area contributed by atoms with Gasteiger partial charge >= 0.3 is 0 Å². The molecule has 132 valence electrons. The average molecular weight is 360 g/mol. The van der Waals surface area contributed by atoms with Crippen molar-refractivity contribution in [3.63, 3.8) is 0 Å². The van der Waals surface area contributed by atoms with Crippen LogP contribution in [0.25, 0.3) is 0 Å². The van der Waals surface area contributed by atoms with Crippen LogP contribution in [0.2, 0.25) is 0 Å². The fourth-order valence-electron chi connectivity index (χ4n) is 3.49. The van der Waals surface area contributed by atoms with Gasteiger partial charge in [0.05, 0.1) is 18.3 Å². The van der Waals surface area contributed by atoms with Crippen LogP contribution in [0.1, 0.15) is 40.3 Å². The standard InChI is InChI=1S/C17H20N4O3S/c1-11-7-15(19-24-11)17(23)20-5-2-3-13(20)9-21-16(22)8-12-10-25-6-4-14(12)18-21/h7-8,13H,2-6,9-10H2,1H3. The second-order valence-corrected chi connectivity index (χ2v) is 7.66. The van der Waals surface area contributed by atoms with Gasteiger partial charge in [-0.05, 0) is 31.1 Å². The van der Waals surface area contributed by atoms with Gasteiger partial charge in [-0.1, -0.05) is 5.16 Å². The van der Waals surface area contributed by atoms with Crippen molar-refractivity contribution >= 4 is 17.7 Å². The number of nitrogens with zero attached hydrogens (tertiary/aromatic N) is 4. The maximum atomic E-state index is 12.7. The van der Waals surface area contributed by atoms with E-state index in [9.17, 15) is 9.59 Å². The maximum absolute atomic E-state index is 12.7. The van der Waals surface area contributed by atoms with Crippen LogP contribution in [-0.4, -0.2) is 44.1 Å². The van der Waals surface area contributed by atoms with Gasteiger partial charge < -0.3 is 9.42 Å². The molecule has 0 aromatic carbocycles. The molecule has 4 heterocycles. The van der Waals surface area contributed by atoms with Crippen LogP contribution >= 0.6 is 11.8 Å². The van der Waals surface area contributed by atoms with Crippen molar-refractivity contribution in [2.24, 2.45) is 0 Å². The Labute approximate surface area is 149 Å². The molecular formula is C17H20N4O3S. The molecular weight excluding hydrogens is 340 g/mol. The zero-order valence-corrected chi connectivity index (χ0v) is 14.9. The Hall–Kier alpha value is -2.09. The molecule has 0 saturated carbocycles. The Balaban J connectivity index is 1.55. The first kappa shape index (κ1) is 16.4. The second-order valence-electron chi connectivity index (χ2n) is 6.56. The van der Waals surface area contributed by atoms with Crippen molar-refractivity contribution in [3.8, 4) is 0 Å². The van der Waals surface area contributed by atoms with Crippen molar-refractivity contribution in [1.82, 2.24) is 19.8 Å². The number of carbonyl (C=O) groups is 1. The van der Waals surface area contributed by atoms with Gasteiger partial charge in [-0.3, -0.25) is 9.59 Å². The number of fused-ring (bicyclic) bond motifs is 1. The van der Waals surface area contributed by atoms with E-state index in [-0.39, 0.29) is 17.5 Å². The summed E-state index contributed by atoms with van der Waals surface area (Å²) in [5, 5.41) is 8.39. The molecule has 0 aliphatic carbocycles. The Kier molecular flexibility index (Phi) is 4.37. The van der Waals surface area contributed by atoms with Crippen LogP contribution < -0.4 is 5.56 Å². The number of hydrogen-bond acceptors (Lipinski definition) is 6. The number of likely N-dealkylation sites (tertiary alicyclic amines) is 1. The zero-order chi connectivity index (χ0) is 17.4. The highest BCUT2D eigenvalue weighted by atomic mass is 32.2. The summed E-state index contributed by atoms with van der Waals surface area (Å²) in [5.74, 6) is 2.38. The average Bonchev–Trinajstić information content (AvgIpc) is 3.24. The van der Waals surface area contributed by atoms with Crippen molar-refractivity contribution in [2.75, 3.05) is 12.3 Å². The largest absolute Gasteiger partial charge is 0.361 e.